The monoisotopic (exact) mass is 523 g/mol. The quantitative estimate of drug-likeness (QED) is 0.485. The Morgan fingerprint density at radius 2 is 1.57 bits per heavy atom. The van der Waals surface area contributed by atoms with E-state index < -0.39 is 22.9 Å². The third-order valence-corrected chi connectivity index (χ3v) is 16.8. The highest BCUT2D eigenvalue weighted by Crippen LogP contribution is 2.39. The van der Waals surface area contributed by atoms with E-state index in [0.29, 0.717) is 18.0 Å². The molecule has 0 fully saturated rings. The molecule has 0 saturated carbocycles. The van der Waals surface area contributed by atoms with E-state index in [-0.39, 0.29) is 39.3 Å². The summed E-state index contributed by atoms with van der Waals surface area (Å²) in [6.45, 7) is 26.7. The molecule has 3 atom stereocenters. The Morgan fingerprint density at radius 1 is 1.03 bits per heavy atom. The number of nitrogen functional groups attached to an aromatic ring is 1. The molecule has 0 aliphatic rings. The Morgan fingerprint density at radius 3 is 2.09 bits per heavy atom. The van der Waals surface area contributed by atoms with Crippen molar-refractivity contribution in [1.82, 2.24) is 19.5 Å². The molecule has 3 N–H and O–H groups in total. The minimum Gasteiger partial charge on any atom is -0.414 e. The van der Waals surface area contributed by atoms with Crippen molar-refractivity contribution in [2.75, 3.05) is 12.3 Å². The topological polar surface area (TPSA) is 117 Å². The average Bonchev–Trinajstić information content (AvgIpc) is 2.98. The van der Waals surface area contributed by atoms with Gasteiger partial charge < -0.3 is 19.3 Å². The summed E-state index contributed by atoms with van der Waals surface area (Å²) >= 11 is 0. The van der Waals surface area contributed by atoms with Gasteiger partial charge in [-0.25, -0.2) is 4.98 Å². The molecule has 0 saturated heterocycles. The zero-order valence-electron chi connectivity index (χ0n) is 24.0. The van der Waals surface area contributed by atoms with E-state index in [4.69, 9.17) is 19.3 Å². The molecule has 9 nitrogen and oxygen atoms in total. The number of aromatic nitrogens is 4. The minimum absolute atomic E-state index is 0.0447. The van der Waals surface area contributed by atoms with Crippen molar-refractivity contribution in [3.05, 3.63) is 10.4 Å². The molecule has 3 unspecified atom stereocenters. The van der Waals surface area contributed by atoms with Crippen LogP contribution < -0.4 is 17.0 Å². The minimum atomic E-state index is -2.05. The van der Waals surface area contributed by atoms with Crippen LogP contribution in [0.3, 0.4) is 0 Å². The van der Waals surface area contributed by atoms with E-state index >= 15 is 0 Å². The van der Waals surface area contributed by atoms with E-state index in [1.807, 2.05) is 14.8 Å². The summed E-state index contributed by atoms with van der Waals surface area (Å²) in [7, 11) is -2.23. The zero-order chi connectivity index (χ0) is 27.1. The molecular formula is C23H46BN5O4Si2. The second-order valence-electron chi connectivity index (χ2n) is 12.6. The van der Waals surface area contributed by atoms with Crippen LogP contribution in [-0.2, 0) is 13.6 Å². The van der Waals surface area contributed by atoms with Crippen molar-refractivity contribution in [2.24, 2.45) is 0 Å². The molecular weight excluding hydrogens is 477 g/mol. The summed E-state index contributed by atoms with van der Waals surface area (Å²) in [6.07, 6.45) is -0.990. The summed E-state index contributed by atoms with van der Waals surface area (Å²) in [5, 5.41) is 0.142. The molecule has 0 aliphatic carbocycles. The van der Waals surface area contributed by atoms with Gasteiger partial charge in [-0.1, -0.05) is 41.5 Å². The predicted octanol–water partition coefficient (Wildman–Crippen LogP) is 3.30. The standard InChI is InChI=1S/C23H46BN5O4Si2/c1-14(33-35(11,12)23(6,7)8)16(13-31-34(9,10)22(3,4)5)32-15(2)29-18-17(26-20(29)24)19(30)28-21(25)27-18/h14-16H,13,24H2,1-12H3,(H3,25,27,28,30). The number of aromatic amines is 1. The van der Waals surface area contributed by atoms with Crippen molar-refractivity contribution in [3.63, 3.8) is 0 Å². The van der Waals surface area contributed by atoms with Gasteiger partial charge in [-0.05, 0) is 50.1 Å². The molecule has 0 spiro atoms. The molecule has 2 aromatic heterocycles. The molecule has 2 aromatic rings. The molecule has 2 heterocycles. The highest BCUT2D eigenvalue weighted by molar-refractivity contribution is 6.74. The number of hydrogen-bond acceptors (Lipinski definition) is 7. The first kappa shape index (κ1) is 29.8. The van der Waals surface area contributed by atoms with Gasteiger partial charge >= 0.3 is 0 Å². The maximum absolute atomic E-state index is 12.4. The van der Waals surface area contributed by atoms with Crippen molar-refractivity contribution < 1.29 is 13.6 Å². The first-order chi connectivity index (χ1) is 15.7. The van der Waals surface area contributed by atoms with Crippen LogP contribution in [0, 0.1) is 0 Å². The van der Waals surface area contributed by atoms with Crippen LogP contribution in [0.5, 0.6) is 0 Å². The number of nitrogens with two attached hydrogens (primary N) is 1. The number of H-pyrrole nitrogens is 1. The Kier molecular flexibility index (Phi) is 8.60. The third kappa shape index (κ3) is 6.65. The van der Waals surface area contributed by atoms with Crippen LogP contribution in [0.25, 0.3) is 11.2 Å². The van der Waals surface area contributed by atoms with Crippen LogP contribution in [-0.4, -0.2) is 62.8 Å². The van der Waals surface area contributed by atoms with Crippen LogP contribution in [0.2, 0.25) is 36.3 Å². The fourth-order valence-corrected chi connectivity index (χ4v) is 5.82. The Hall–Kier alpha value is -1.47. The van der Waals surface area contributed by atoms with Crippen LogP contribution in [0.15, 0.2) is 4.79 Å². The number of anilines is 1. The summed E-state index contributed by atoms with van der Waals surface area (Å²) in [5.41, 5.74) is 6.72. The highest BCUT2D eigenvalue weighted by Gasteiger charge is 2.42. The van der Waals surface area contributed by atoms with Crippen molar-refractivity contribution in [2.45, 2.75) is 110 Å². The summed E-state index contributed by atoms with van der Waals surface area (Å²) < 4.78 is 21.7. The highest BCUT2D eigenvalue weighted by atomic mass is 28.4. The van der Waals surface area contributed by atoms with Crippen LogP contribution >= 0.6 is 0 Å². The van der Waals surface area contributed by atoms with Gasteiger partial charge in [0, 0.05) is 0 Å². The SMILES string of the molecule is Bc1nc2c(=O)[nH]c(N)nc2n1C(C)OC(CO[Si](C)(C)C(C)(C)C)C(C)O[Si](C)(C)C(C)(C)C. The summed E-state index contributed by atoms with van der Waals surface area (Å²) in [4.78, 5) is 23.6. The molecule has 0 bridgehead atoms. The number of rotatable bonds is 9. The van der Waals surface area contributed by atoms with Crippen molar-refractivity contribution >= 4 is 47.3 Å². The average molecular weight is 524 g/mol. The molecule has 2 rings (SSSR count). The number of ether oxygens (including phenoxy) is 1. The van der Waals surface area contributed by atoms with Gasteiger partial charge in [0.25, 0.3) is 5.56 Å². The normalized spacial score (nSPS) is 16.5. The molecule has 198 valence electrons. The summed E-state index contributed by atoms with van der Waals surface area (Å²) in [6, 6.07) is 0. The van der Waals surface area contributed by atoms with Crippen LogP contribution in [0.1, 0.15) is 61.6 Å². The lowest BCUT2D eigenvalue weighted by Gasteiger charge is -2.42. The molecule has 0 aliphatic heterocycles. The number of hydrogen-bond donors (Lipinski definition) is 2. The third-order valence-electron chi connectivity index (χ3n) is 7.71. The molecule has 0 radical (unpaired) electrons. The maximum atomic E-state index is 12.4. The molecule has 0 aromatic carbocycles. The fourth-order valence-electron chi connectivity index (χ4n) is 3.37. The van der Waals surface area contributed by atoms with Gasteiger partial charge in [-0.2, -0.15) is 4.98 Å². The Labute approximate surface area is 213 Å². The van der Waals surface area contributed by atoms with E-state index in [1.54, 1.807) is 4.57 Å². The zero-order valence-corrected chi connectivity index (χ0v) is 26.0. The Bertz CT molecular complexity index is 1090. The van der Waals surface area contributed by atoms with Crippen LogP contribution in [0.4, 0.5) is 5.95 Å². The van der Waals surface area contributed by atoms with Gasteiger partial charge in [-0.15, -0.1) is 0 Å². The van der Waals surface area contributed by atoms with Gasteiger partial charge in [-0.3, -0.25) is 14.3 Å². The smallest absolute Gasteiger partial charge is 0.280 e. The van der Waals surface area contributed by atoms with Gasteiger partial charge in [0.2, 0.25) is 5.95 Å². The van der Waals surface area contributed by atoms with E-state index in [2.05, 4.69) is 89.6 Å². The number of nitrogens with zero attached hydrogens (tertiary/aromatic N) is 3. The van der Waals surface area contributed by atoms with Crippen molar-refractivity contribution in [1.29, 1.82) is 0 Å². The molecule has 12 heteroatoms. The van der Waals surface area contributed by atoms with Gasteiger partial charge in [0.05, 0.1) is 18.4 Å². The molecule has 35 heavy (non-hydrogen) atoms. The first-order valence-corrected chi connectivity index (χ1v) is 18.2. The van der Waals surface area contributed by atoms with E-state index in [9.17, 15) is 4.79 Å². The van der Waals surface area contributed by atoms with E-state index in [0.717, 1.165) is 0 Å². The number of nitrogens with one attached hydrogen (secondary N) is 1. The number of fused-ring (bicyclic) bond motifs is 1. The second kappa shape index (κ2) is 10.1. The Balaban J connectivity index is 2.40. The predicted molar refractivity (Wildman–Crippen MR) is 151 cm³/mol. The van der Waals surface area contributed by atoms with Gasteiger partial charge in [0.1, 0.15) is 12.3 Å². The second-order valence-corrected chi connectivity index (χ2v) is 22.1. The first-order valence-electron chi connectivity index (χ1n) is 12.4. The lowest BCUT2D eigenvalue weighted by atomic mass is 10.1. The number of imidazole rings is 1. The van der Waals surface area contributed by atoms with E-state index in [1.165, 1.54) is 0 Å². The largest absolute Gasteiger partial charge is 0.414 e. The lowest BCUT2D eigenvalue weighted by Crippen LogP contribution is -2.50. The lowest BCUT2D eigenvalue weighted by molar-refractivity contribution is -0.103. The summed E-state index contributed by atoms with van der Waals surface area (Å²) in [5.74, 6) is 0.0447. The van der Waals surface area contributed by atoms with Crippen molar-refractivity contribution in [3.8, 4) is 0 Å². The maximum Gasteiger partial charge on any atom is 0.280 e. The molecule has 0 amide bonds. The fraction of sp³-hybridized carbons (Fsp3) is 0.783. The van der Waals surface area contributed by atoms with Gasteiger partial charge in [0.15, 0.2) is 35.6 Å².